The highest BCUT2D eigenvalue weighted by Gasteiger charge is 2.16. The summed E-state index contributed by atoms with van der Waals surface area (Å²) in [7, 11) is 3.70. The minimum Gasteiger partial charge on any atom is -0.496 e. The number of aryl methyl sites for hydroxylation is 1. The van der Waals surface area contributed by atoms with Crippen LogP contribution >= 0.6 is 0 Å². The van der Waals surface area contributed by atoms with Gasteiger partial charge in [-0.1, -0.05) is 12.1 Å². The van der Waals surface area contributed by atoms with E-state index in [1.165, 1.54) is 11.1 Å². The van der Waals surface area contributed by atoms with Crippen molar-refractivity contribution in [1.29, 1.82) is 0 Å². The van der Waals surface area contributed by atoms with Crippen molar-refractivity contribution in [2.45, 2.75) is 45.2 Å². The average molecular weight is 250 g/mol. The molecule has 0 aliphatic rings. The molecular formula is C15H26N2O. The van der Waals surface area contributed by atoms with Crippen LogP contribution in [0.2, 0.25) is 0 Å². The predicted molar refractivity (Wildman–Crippen MR) is 77.0 cm³/mol. The van der Waals surface area contributed by atoms with Crippen LogP contribution in [-0.4, -0.2) is 19.7 Å². The summed E-state index contributed by atoms with van der Waals surface area (Å²) in [6.07, 6.45) is 2.02. The highest BCUT2D eigenvalue weighted by molar-refractivity contribution is 5.37. The average Bonchev–Trinajstić information content (AvgIpc) is 2.28. The zero-order chi connectivity index (χ0) is 13.8. The molecule has 0 saturated heterocycles. The smallest absolute Gasteiger partial charge is 0.121 e. The van der Waals surface area contributed by atoms with E-state index in [1.807, 2.05) is 13.1 Å². The Balaban J connectivity index is 2.79. The predicted octanol–water partition coefficient (Wildman–Crippen LogP) is 2.78. The van der Waals surface area contributed by atoms with Gasteiger partial charge in [-0.15, -0.1) is 0 Å². The Labute approximate surface area is 111 Å². The van der Waals surface area contributed by atoms with Crippen LogP contribution in [0.25, 0.3) is 0 Å². The van der Waals surface area contributed by atoms with Gasteiger partial charge in [0.25, 0.3) is 0 Å². The molecular weight excluding hydrogens is 224 g/mol. The molecule has 1 unspecified atom stereocenters. The molecule has 3 N–H and O–H groups in total. The first kappa shape index (κ1) is 15.0. The van der Waals surface area contributed by atoms with E-state index < -0.39 is 0 Å². The van der Waals surface area contributed by atoms with Gasteiger partial charge in [0.1, 0.15) is 5.75 Å². The Morgan fingerprint density at radius 3 is 2.50 bits per heavy atom. The molecule has 1 atom stereocenters. The maximum absolute atomic E-state index is 6.04. The second-order valence-corrected chi connectivity index (χ2v) is 5.60. The maximum atomic E-state index is 6.04. The van der Waals surface area contributed by atoms with E-state index >= 15 is 0 Å². The van der Waals surface area contributed by atoms with Crippen LogP contribution in [0, 0.1) is 6.92 Å². The Morgan fingerprint density at radius 1 is 1.39 bits per heavy atom. The van der Waals surface area contributed by atoms with Gasteiger partial charge < -0.3 is 15.8 Å². The van der Waals surface area contributed by atoms with E-state index in [9.17, 15) is 0 Å². The van der Waals surface area contributed by atoms with E-state index in [0.29, 0.717) is 6.04 Å². The Morgan fingerprint density at radius 2 is 2.06 bits per heavy atom. The molecule has 18 heavy (non-hydrogen) atoms. The van der Waals surface area contributed by atoms with E-state index in [2.05, 4.69) is 38.2 Å². The lowest BCUT2D eigenvalue weighted by Crippen LogP contribution is -2.33. The summed E-state index contributed by atoms with van der Waals surface area (Å²) >= 11 is 0. The first-order chi connectivity index (χ1) is 8.37. The topological polar surface area (TPSA) is 47.3 Å². The number of hydrogen-bond acceptors (Lipinski definition) is 3. The van der Waals surface area contributed by atoms with Crippen molar-refractivity contribution in [3.63, 3.8) is 0 Å². The zero-order valence-electron chi connectivity index (χ0n) is 12.2. The molecule has 3 heteroatoms. The number of methoxy groups -OCH3 is 1. The Kier molecular flexibility index (Phi) is 5.17. The number of nitrogens with one attached hydrogen (secondary N) is 1. The molecule has 0 bridgehead atoms. The summed E-state index contributed by atoms with van der Waals surface area (Å²) in [6.45, 7) is 6.21. The van der Waals surface area contributed by atoms with Crippen LogP contribution in [-0.2, 0) is 0 Å². The van der Waals surface area contributed by atoms with Gasteiger partial charge in [0, 0.05) is 11.6 Å². The molecule has 0 radical (unpaired) electrons. The van der Waals surface area contributed by atoms with Crippen LogP contribution in [0.4, 0.5) is 0 Å². The SMILES string of the molecule is CNC(CCC(C)(C)N)c1ccc(OC)c(C)c1. The lowest BCUT2D eigenvalue weighted by Gasteiger charge is -2.23. The van der Waals surface area contributed by atoms with Crippen LogP contribution in [0.15, 0.2) is 18.2 Å². The fourth-order valence-electron chi connectivity index (χ4n) is 2.11. The van der Waals surface area contributed by atoms with Crippen molar-refractivity contribution in [2.24, 2.45) is 5.73 Å². The third kappa shape index (κ3) is 4.31. The standard InChI is InChI=1S/C15H26N2O/c1-11-10-12(6-7-14(11)18-5)13(17-4)8-9-15(2,3)16/h6-7,10,13,17H,8-9,16H2,1-5H3. The third-order valence-electron chi connectivity index (χ3n) is 3.25. The first-order valence-electron chi connectivity index (χ1n) is 6.48. The van der Waals surface area contributed by atoms with Gasteiger partial charge in [-0.2, -0.15) is 0 Å². The molecule has 1 aromatic carbocycles. The fraction of sp³-hybridized carbons (Fsp3) is 0.600. The van der Waals surface area contributed by atoms with Gasteiger partial charge in [0.2, 0.25) is 0 Å². The number of ether oxygens (including phenoxy) is 1. The molecule has 0 aliphatic heterocycles. The van der Waals surface area contributed by atoms with E-state index in [4.69, 9.17) is 10.5 Å². The molecule has 3 nitrogen and oxygen atoms in total. The second-order valence-electron chi connectivity index (χ2n) is 5.60. The Bertz CT molecular complexity index is 383. The number of rotatable bonds is 6. The van der Waals surface area contributed by atoms with E-state index in [0.717, 1.165) is 18.6 Å². The molecule has 0 saturated carbocycles. The summed E-state index contributed by atoms with van der Waals surface area (Å²) in [5, 5.41) is 3.36. The van der Waals surface area contributed by atoms with Crippen LogP contribution in [0.5, 0.6) is 5.75 Å². The molecule has 1 rings (SSSR count). The van der Waals surface area contributed by atoms with Gasteiger partial charge in [0.15, 0.2) is 0 Å². The summed E-state index contributed by atoms with van der Waals surface area (Å²) in [6, 6.07) is 6.68. The van der Waals surface area contributed by atoms with Crippen molar-refractivity contribution in [3.05, 3.63) is 29.3 Å². The molecule has 1 aromatic rings. The molecule has 102 valence electrons. The summed E-state index contributed by atoms with van der Waals surface area (Å²) in [5.41, 5.74) is 8.39. The first-order valence-corrected chi connectivity index (χ1v) is 6.48. The quantitative estimate of drug-likeness (QED) is 0.816. The fourth-order valence-corrected chi connectivity index (χ4v) is 2.11. The summed E-state index contributed by atoms with van der Waals surface area (Å²) < 4.78 is 5.29. The lowest BCUT2D eigenvalue weighted by atomic mass is 9.93. The van der Waals surface area contributed by atoms with Crippen molar-refractivity contribution < 1.29 is 4.74 Å². The molecule has 0 amide bonds. The Hall–Kier alpha value is -1.06. The van der Waals surface area contributed by atoms with Gasteiger partial charge >= 0.3 is 0 Å². The summed E-state index contributed by atoms with van der Waals surface area (Å²) in [5.74, 6) is 0.938. The minimum atomic E-state index is -0.114. The molecule has 0 aromatic heterocycles. The van der Waals surface area contributed by atoms with Gasteiger partial charge in [-0.05, 0) is 57.9 Å². The third-order valence-corrected chi connectivity index (χ3v) is 3.25. The second kappa shape index (κ2) is 6.21. The zero-order valence-corrected chi connectivity index (χ0v) is 12.2. The largest absolute Gasteiger partial charge is 0.496 e. The van der Waals surface area contributed by atoms with E-state index in [-0.39, 0.29) is 5.54 Å². The van der Waals surface area contributed by atoms with Crippen molar-refractivity contribution in [3.8, 4) is 5.75 Å². The monoisotopic (exact) mass is 250 g/mol. The maximum Gasteiger partial charge on any atom is 0.121 e. The van der Waals surface area contributed by atoms with Gasteiger partial charge in [-0.25, -0.2) is 0 Å². The van der Waals surface area contributed by atoms with Crippen LogP contribution in [0.1, 0.15) is 43.9 Å². The molecule has 0 aliphatic carbocycles. The molecule has 0 heterocycles. The van der Waals surface area contributed by atoms with Crippen molar-refractivity contribution in [2.75, 3.05) is 14.2 Å². The highest BCUT2D eigenvalue weighted by Crippen LogP contribution is 2.26. The van der Waals surface area contributed by atoms with Crippen molar-refractivity contribution >= 4 is 0 Å². The van der Waals surface area contributed by atoms with Gasteiger partial charge in [-0.3, -0.25) is 0 Å². The highest BCUT2D eigenvalue weighted by atomic mass is 16.5. The lowest BCUT2D eigenvalue weighted by molar-refractivity contribution is 0.405. The van der Waals surface area contributed by atoms with Crippen LogP contribution in [0.3, 0.4) is 0 Å². The van der Waals surface area contributed by atoms with Crippen LogP contribution < -0.4 is 15.8 Å². The number of hydrogen-bond donors (Lipinski definition) is 2. The molecule has 0 spiro atoms. The normalized spacial score (nSPS) is 13.4. The van der Waals surface area contributed by atoms with E-state index in [1.54, 1.807) is 7.11 Å². The molecule has 0 fully saturated rings. The van der Waals surface area contributed by atoms with Gasteiger partial charge in [0.05, 0.1) is 7.11 Å². The van der Waals surface area contributed by atoms with Crippen molar-refractivity contribution in [1.82, 2.24) is 5.32 Å². The summed E-state index contributed by atoms with van der Waals surface area (Å²) in [4.78, 5) is 0. The number of benzene rings is 1. The number of nitrogens with two attached hydrogens (primary N) is 1. The minimum absolute atomic E-state index is 0.114.